The molecule has 6 heteroatoms. The van der Waals surface area contributed by atoms with Crippen LogP contribution in [0.15, 0.2) is 42.5 Å². The van der Waals surface area contributed by atoms with Gasteiger partial charge in [-0.3, -0.25) is 0 Å². The Labute approximate surface area is 111 Å². The van der Waals surface area contributed by atoms with Crippen LogP contribution in [0.2, 0.25) is 0 Å². The average Bonchev–Trinajstić information content (AvgIpc) is 2.39. The summed E-state index contributed by atoms with van der Waals surface area (Å²) < 4.78 is 0. The molecule has 19 heavy (non-hydrogen) atoms. The Morgan fingerprint density at radius 3 is 2.00 bits per heavy atom. The number of hydrogen-bond acceptors (Lipinski definition) is 4. The number of rotatable bonds is 6. The average molecular weight is 267 g/mol. The van der Waals surface area contributed by atoms with E-state index in [0.717, 1.165) is 18.7 Å². The van der Waals surface area contributed by atoms with Crippen LogP contribution in [0.1, 0.15) is 6.42 Å². The molecule has 4 N–H and O–H groups in total. The van der Waals surface area contributed by atoms with Crippen LogP contribution >= 0.6 is 0 Å². The number of aliphatic hydroxyl groups is 1. The van der Waals surface area contributed by atoms with E-state index < -0.39 is 11.9 Å². The molecule has 0 saturated heterocycles. The van der Waals surface area contributed by atoms with Crippen molar-refractivity contribution in [3.05, 3.63) is 42.5 Å². The SMILES string of the molecule is O=C(O)/C=C\C(=O)O.OCCCNc1ccccc1. The lowest BCUT2D eigenvalue weighted by Gasteiger charge is -2.03. The Hall–Kier alpha value is -2.34. The highest BCUT2D eigenvalue weighted by Crippen LogP contribution is 2.03. The fourth-order valence-electron chi connectivity index (χ4n) is 1.01. The van der Waals surface area contributed by atoms with Gasteiger partial charge in [0.25, 0.3) is 0 Å². The van der Waals surface area contributed by atoms with Crippen LogP contribution in [0.5, 0.6) is 0 Å². The van der Waals surface area contributed by atoms with Crippen molar-refractivity contribution < 1.29 is 24.9 Å². The topological polar surface area (TPSA) is 107 Å². The number of hydrogen-bond donors (Lipinski definition) is 4. The van der Waals surface area contributed by atoms with E-state index in [9.17, 15) is 9.59 Å². The molecule has 0 aromatic heterocycles. The summed E-state index contributed by atoms with van der Waals surface area (Å²) >= 11 is 0. The van der Waals surface area contributed by atoms with Gasteiger partial charge in [-0.2, -0.15) is 0 Å². The van der Waals surface area contributed by atoms with Gasteiger partial charge in [-0.15, -0.1) is 0 Å². The molecular formula is C13H17NO5. The van der Waals surface area contributed by atoms with Gasteiger partial charge in [0.1, 0.15) is 0 Å². The van der Waals surface area contributed by atoms with E-state index in [1.165, 1.54) is 0 Å². The number of anilines is 1. The lowest BCUT2D eigenvalue weighted by atomic mass is 10.3. The summed E-state index contributed by atoms with van der Waals surface area (Å²) in [5.41, 5.74) is 1.11. The minimum absolute atomic E-state index is 0.250. The number of carboxylic acid groups (broad SMARTS) is 2. The molecule has 0 saturated carbocycles. The standard InChI is InChI=1S/C9H13NO.C4H4O4/c11-8-4-7-10-9-5-2-1-3-6-9;5-3(6)1-2-4(7)8/h1-3,5-6,10-11H,4,7-8H2;1-2H,(H,5,6)(H,7,8)/b;2-1-. The van der Waals surface area contributed by atoms with Crippen molar-refractivity contribution in [3.63, 3.8) is 0 Å². The molecule has 104 valence electrons. The molecule has 0 aliphatic rings. The van der Waals surface area contributed by atoms with Crippen molar-refractivity contribution in [2.45, 2.75) is 6.42 Å². The monoisotopic (exact) mass is 267 g/mol. The van der Waals surface area contributed by atoms with E-state index in [1.54, 1.807) is 0 Å². The van der Waals surface area contributed by atoms with Crippen LogP contribution in [-0.4, -0.2) is 40.4 Å². The highest BCUT2D eigenvalue weighted by molar-refractivity contribution is 5.89. The number of aliphatic carboxylic acids is 2. The molecule has 0 spiro atoms. The molecule has 1 aromatic rings. The van der Waals surface area contributed by atoms with Gasteiger partial charge in [0.2, 0.25) is 0 Å². The van der Waals surface area contributed by atoms with Gasteiger partial charge in [-0.1, -0.05) is 18.2 Å². The van der Waals surface area contributed by atoms with Gasteiger partial charge < -0.3 is 20.6 Å². The van der Waals surface area contributed by atoms with Crippen molar-refractivity contribution >= 4 is 17.6 Å². The summed E-state index contributed by atoms with van der Waals surface area (Å²) in [6, 6.07) is 9.98. The number of carboxylic acids is 2. The minimum atomic E-state index is -1.26. The maximum absolute atomic E-state index is 9.55. The van der Waals surface area contributed by atoms with Crippen molar-refractivity contribution in [1.82, 2.24) is 0 Å². The first-order valence-electron chi connectivity index (χ1n) is 5.60. The van der Waals surface area contributed by atoms with Gasteiger partial charge in [-0.05, 0) is 18.6 Å². The lowest BCUT2D eigenvalue weighted by Crippen LogP contribution is -2.02. The summed E-state index contributed by atoms with van der Waals surface area (Å²) in [7, 11) is 0. The molecular weight excluding hydrogens is 250 g/mol. The molecule has 0 unspecified atom stereocenters. The van der Waals surface area contributed by atoms with Crippen molar-refractivity contribution in [3.8, 4) is 0 Å². The lowest BCUT2D eigenvalue weighted by molar-refractivity contribution is -0.134. The molecule has 0 aliphatic heterocycles. The fourth-order valence-corrected chi connectivity index (χ4v) is 1.01. The molecule has 0 aliphatic carbocycles. The van der Waals surface area contributed by atoms with Gasteiger partial charge in [0.15, 0.2) is 0 Å². The first-order chi connectivity index (χ1) is 9.06. The van der Waals surface area contributed by atoms with E-state index >= 15 is 0 Å². The van der Waals surface area contributed by atoms with E-state index in [0.29, 0.717) is 12.2 Å². The fraction of sp³-hybridized carbons (Fsp3) is 0.231. The first kappa shape index (κ1) is 16.7. The van der Waals surface area contributed by atoms with E-state index in [-0.39, 0.29) is 6.61 Å². The maximum Gasteiger partial charge on any atom is 0.328 e. The maximum atomic E-state index is 9.55. The third kappa shape index (κ3) is 11.9. The van der Waals surface area contributed by atoms with Gasteiger partial charge in [0, 0.05) is 31.0 Å². The van der Waals surface area contributed by atoms with Crippen LogP contribution in [0.25, 0.3) is 0 Å². The molecule has 6 nitrogen and oxygen atoms in total. The normalized spacial score (nSPS) is 9.53. The zero-order chi connectivity index (χ0) is 14.5. The Morgan fingerprint density at radius 2 is 1.58 bits per heavy atom. The predicted molar refractivity (Wildman–Crippen MR) is 71.0 cm³/mol. The Bertz CT molecular complexity index is 387. The molecule has 0 bridgehead atoms. The Morgan fingerprint density at radius 1 is 1.05 bits per heavy atom. The third-order valence-electron chi connectivity index (χ3n) is 1.81. The number of benzene rings is 1. The van der Waals surface area contributed by atoms with Crippen LogP contribution in [0.3, 0.4) is 0 Å². The predicted octanol–water partition coefficient (Wildman–Crippen LogP) is 1.19. The number of aliphatic hydroxyl groups excluding tert-OH is 1. The van der Waals surface area contributed by atoms with Crippen LogP contribution in [0, 0.1) is 0 Å². The van der Waals surface area contributed by atoms with Crippen LogP contribution < -0.4 is 5.32 Å². The second-order valence-corrected chi connectivity index (χ2v) is 3.38. The number of carbonyl (C=O) groups is 2. The minimum Gasteiger partial charge on any atom is -0.478 e. The molecule has 0 heterocycles. The summed E-state index contributed by atoms with van der Waals surface area (Å²) in [5.74, 6) is -2.51. The number of para-hydroxylation sites is 1. The van der Waals surface area contributed by atoms with Crippen LogP contribution in [-0.2, 0) is 9.59 Å². The summed E-state index contributed by atoms with van der Waals surface area (Å²) in [6.07, 6.45) is 1.92. The van der Waals surface area contributed by atoms with E-state index in [4.69, 9.17) is 15.3 Å². The molecule has 1 aromatic carbocycles. The van der Waals surface area contributed by atoms with Gasteiger partial charge in [-0.25, -0.2) is 9.59 Å². The Balaban J connectivity index is 0.000000362. The van der Waals surface area contributed by atoms with Crippen molar-refractivity contribution in [1.29, 1.82) is 0 Å². The van der Waals surface area contributed by atoms with E-state index in [1.807, 2.05) is 30.3 Å². The second kappa shape index (κ2) is 10.8. The van der Waals surface area contributed by atoms with Crippen molar-refractivity contribution in [2.24, 2.45) is 0 Å². The summed E-state index contributed by atoms with van der Waals surface area (Å²) in [5, 5.41) is 27.3. The molecule has 1 rings (SSSR count). The quantitative estimate of drug-likeness (QED) is 0.455. The van der Waals surface area contributed by atoms with E-state index in [2.05, 4.69) is 5.32 Å². The smallest absolute Gasteiger partial charge is 0.328 e. The highest BCUT2D eigenvalue weighted by atomic mass is 16.4. The molecule has 0 radical (unpaired) electrons. The van der Waals surface area contributed by atoms with Crippen LogP contribution in [0.4, 0.5) is 5.69 Å². The summed E-state index contributed by atoms with van der Waals surface area (Å²) in [6.45, 7) is 1.08. The van der Waals surface area contributed by atoms with Gasteiger partial charge in [0.05, 0.1) is 0 Å². The van der Waals surface area contributed by atoms with Gasteiger partial charge >= 0.3 is 11.9 Å². The van der Waals surface area contributed by atoms with Crippen molar-refractivity contribution in [2.75, 3.05) is 18.5 Å². The third-order valence-corrected chi connectivity index (χ3v) is 1.81. The largest absolute Gasteiger partial charge is 0.478 e. The number of nitrogens with one attached hydrogen (secondary N) is 1. The summed E-state index contributed by atoms with van der Waals surface area (Å²) in [4.78, 5) is 19.1. The molecule has 0 amide bonds. The zero-order valence-electron chi connectivity index (χ0n) is 10.3. The Kier molecular flexibility index (Phi) is 9.46. The first-order valence-corrected chi connectivity index (χ1v) is 5.60. The molecule has 0 fully saturated rings. The molecule has 0 atom stereocenters. The second-order valence-electron chi connectivity index (χ2n) is 3.38. The zero-order valence-corrected chi connectivity index (χ0v) is 10.3. The highest BCUT2D eigenvalue weighted by Gasteiger charge is 1.88.